The van der Waals surface area contributed by atoms with Gasteiger partial charge in [-0.3, -0.25) is 4.79 Å². The number of ketones is 1. The van der Waals surface area contributed by atoms with Gasteiger partial charge in [-0.15, -0.1) is 0 Å². The Morgan fingerprint density at radius 2 is 1.86 bits per heavy atom. The van der Waals surface area contributed by atoms with Crippen LogP contribution in [0.25, 0.3) is 0 Å². The van der Waals surface area contributed by atoms with Gasteiger partial charge in [0.25, 0.3) is 0 Å². The first-order chi connectivity index (χ1) is 10.3. The molecule has 7 heteroatoms. The zero-order valence-electron chi connectivity index (χ0n) is 12.6. The summed E-state index contributed by atoms with van der Waals surface area (Å²) in [5, 5.41) is 0.629. The van der Waals surface area contributed by atoms with Crippen LogP contribution in [0, 0.1) is 5.92 Å². The van der Waals surface area contributed by atoms with Gasteiger partial charge in [-0.2, -0.15) is 0 Å². The van der Waals surface area contributed by atoms with Crippen molar-refractivity contribution in [2.75, 3.05) is 32.4 Å². The summed E-state index contributed by atoms with van der Waals surface area (Å²) in [6, 6.07) is 7.02. The molecule has 0 amide bonds. The van der Waals surface area contributed by atoms with E-state index in [1.165, 1.54) is 0 Å². The maximum atomic E-state index is 12.4. The minimum Gasteiger partial charge on any atom is -0.302 e. The van der Waals surface area contributed by atoms with Gasteiger partial charge in [0, 0.05) is 29.6 Å². The lowest BCUT2D eigenvalue weighted by molar-refractivity contribution is 0.0842. The van der Waals surface area contributed by atoms with Crippen LogP contribution in [0.3, 0.4) is 0 Å². The van der Waals surface area contributed by atoms with Crippen LogP contribution in [0.15, 0.2) is 24.3 Å². The van der Waals surface area contributed by atoms with Crippen LogP contribution in [0.2, 0.25) is 5.02 Å². The minimum atomic E-state index is -3.13. The molecular formula is C15H21ClN2O3S. The number of likely N-dealkylation sites (tertiary alicyclic amines) is 1. The summed E-state index contributed by atoms with van der Waals surface area (Å²) in [7, 11) is -3.13. The second-order valence-corrected chi connectivity index (χ2v) is 7.92. The van der Waals surface area contributed by atoms with Crippen LogP contribution in [-0.4, -0.2) is 51.5 Å². The Morgan fingerprint density at radius 1 is 1.27 bits per heavy atom. The first-order valence-corrected chi connectivity index (χ1v) is 9.59. The molecule has 122 valence electrons. The van der Waals surface area contributed by atoms with E-state index < -0.39 is 10.0 Å². The molecule has 2 rings (SSSR count). The van der Waals surface area contributed by atoms with Gasteiger partial charge in [-0.1, -0.05) is 11.6 Å². The van der Waals surface area contributed by atoms with Crippen LogP contribution in [0.4, 0.5) is 0 Å². The van der Waals surface area contributed by atoms with Gasteiger partial charge >= 0.3 is 0 Å². The molecule has 1 N–H and O–H groups in total. The van der Waals surface area contributed by atoms with Gasteiger partial charge < -0.3 is 4.90 Å². The predicted molar refractivity (Wildman–Crippen MR) is 87.8 cm³/mol. The molecule has 1 aromatic carbocycles. The van der Waals surface area contributed by atoms with E-state index in [0.717, 1.165) is 32.2 Å². The Balaban J connectivity index is 1.79. The van der Waals surface area contributed by atoms with Crippen LogP contribution in [0.5, 0.6) is 0 Å². The van der Waals surface area contributed by atoms with Crippen molar-refractivity contribution in [2.24, 2.45) is 5.92 Å². The lowest BCUT2D eigenvalue weighted by Crippen LogP contribution is -2.40. The van der Waals surface area contributed by atoms with Crippen LogP contribution >= 0.6 is 11.6 Å². The van der Waals surface area contributed by atoms with Crippen molar-refractivity contribution in [3.63, 3.8) is 0 Å². The van der Waals surface area contributed by atoms with Gasteiger partial charge in [0.05, 0.1) is 6.26 Å². The first kappa shape index (κ1) is 17.4. The maximum Gasteiger partial charge on any atom is 0.208 e. The number of carbonyl (C=O) groups excluding carboxylic acids is 1. The second kappa shape index (κ2) is 7.55. The maximum absolute atomic E-state index is 12.4. The summed E-state index contributed by atoms with van der Waals surface area (Å²) in [6.07, 6.45) is 2.77. The monoisotopic (exact) mass is 344 g/mol. The molecule has 0 aromatic heterocycles. The van der Waals surface area contributed by atoms with Crippen molar-refractivity contribution in [3.05, 3.63) is 34.9 Å². The standard InChI is InChI=1S/C15H21ClN2O3S/c1-22(20,21)17-8-11-18-9-6-13(7-10-18)15(19)12-2-4-14(16)5-3-12/h2-5,13,17H,6-11H2,1H3. The lowest BCUT2D eigenvalue weighted by atomic mass is 9.89. The minimum absolute atomic E-state index is 0.0419. The van der Waals surface area contributed by atoms with Gasteiger partial charge in [0.15, 0.2) is 5.78 Å². The molecule has 5 nitrogen and oxygen atoms in total. The Labute approximate surface area is 136 Å². The van der Waals surface area contributed by atoms with E-state index in [4.69, 9.17) is 11.6 Å². The number of piperidine rings is 1. The number of hydrogen-bond donors (Lipinski definition) is 1. The first-order valence-electron chi connectivity index (χ1n) is 7.32. The van der Waals surface area contributed by atoms with Crippen molar-refractivity contribution in [1.29, 1.82) is 0 Å². The number of benzene rings is 1. The third-order valence-electron chi connectivity index (χ3n) is 3.88. The highest BCUT2D eigenvalue weighted by Crippen LogP contribution is 2.22. The number of rotatable bonds is 6. The van der Waals surface area contributed by atoms with E-state index in [1.807, 2.05) is 0 Å². The normalized spacial score (nSPS) is 17.5. The molecule has 0 spiro atoms. The molecular weight excluding hydrogens is 324 g/mol. The van der Waals surface area contributed by atoms with Crippen molar-refractivity contribution < 1.29 is 13.2 Å². The number of sulfonamides is 1. The molecule has 0 radical (unpaired) electrons. The predicted octanol–water partition coefficient (Wildman–Crippen LogP) is 1.78. The van der Waals surface area contributed by atoms with Crippen molar-refractivity contribution >= 4 is 27.4 Å². The zero-order chi connectivity index (χ0) is 16.2. The van der Waals surface area contributed by atoms with Gasteiger partial charge in [0.2, 0.25) is 10.0 Å². The van der Waals surface area contributed by atoms with Crippen LogP contribution < -0.4 is 4.72 Å². The molecule has 1 saturated heterocycles. The SMILES string of the molecule is CS(=O)(=O)NCCN1CCC(C(=O)c2ccc(Cl)cc2)CC1. The summed E-state index contributed by atoms with van der Waals surface area (Å²) in [4.78, 5) is 14.6. The Morgan fingerprint density at radius 3 is 2.41 bits per heavy atom. The van der Waals surface area contributed by atoms with E-state index in [0.29, 0.717) is 23.7 Å². The highest BCUT2D eigenvalue weighted by atomic mass is 35.5. The number of carbonyl (C=O) groups is 1. The average Bonchev–Trinajstić information content (AvgIpc) is 2.47. The molecule has 1 aromatic rings. The van der Waals surface area contributed by atoms with Crippen LogP contribution in [-0.2, 0) is 10.0 Å². The van der Waals surface area contributed by atoms with Gasteiger partial charge in [-0.25, -0.2) is 13.1 Å². The topological polar surface area (TPSA) is 66.5 Å². The van der Waals surface area contributed by atoms with E-state index in [9.17, 15) is 13.2 Å². The van der Waals surface area contributed by atoms with Crippen molar-refractivity contribution in [3.8, 4) is 0 Å². The van der Waals surface area contributed by atoms with Gasteiger partial charge in [-0.05, 0) is 50.2 Å². The Kier molecular flexibility index (Phi) is 5.97. The smallest absolute Gasteiger partial charge is 0.208 e. The summed E-state index contributed by atoms with van der Waals surface area (Å²) < 4.78 is 24.5. The second-order valence-electron chi connectivity index (χ2n) is 5.65. The molecule has 1 aliphatic heterocycles. The van der Waals surface area contributed by atoms with Crippen LogP contribution in [0.1, 0.15) is 23.2 Å². The molecule has 0 aliphatic carbocycles. The number of nitrogens with one attached hydrogen (secondary N) is 1. The Hall–Kier alpha value is -0.950. The highest BCUT2D eigenvalue weighted by Gasteiger charge is 2.25. The molecule has 22 heavy (non-hydrogen) atoms. The average molecular weight is 345 g/mol. The number of nitrogens with zero attached hydrogens (tertiary/aromatic N) is 1. The zero-order valence-corrected chi connectivity index (χ0v) is 14.2. The third kappa shape index (κ3) is 5.35. The molecule has 1 aliphatic rings. The summed E-state index contributed by atoms with van der Waals surface area (Å²) in [6.45, 7) is 2.72. The molecule has 0 atom stereocenters. The fourth-order valence-electron chi connectivity index (χ4n) is 2.66. The molecule has 0 bridgehead atoms. The number of hydrogen-bond acceptors (Lipinski definition) is 4. The Bertz CT molecular complexity index is 608. The number of Topliss-reactive ketones (excluding diaryl/α,β-unsaturated/α-hetero) is 1. The fraction of sp³-hybridized carbons (Fsp3) is 0.533. The largest absolute Gasteiger partial charge is 0.302 e. The fourth-order valence-corrected chi connectivity index (χ4v) is 3.25. The van der Waals surface area contributed by atoms with E-state index in [-0.39, 0.29) is 11.7 Å². The summed E-state index contributed by atoms with van der Waals surface area (Å²) >= 11 is 5.84. The molecule has 1 fully saturated rings. The highest BCUT2D eigenvalue weighted by molar-refractivity contribution is 7.88. The molecule has 0 unspecified atom stereocenters. The van der Waals surface area contributed by atoms with Crippen molar-refractivity contribution in [2.45, 2.75) is 12.8 Å². The molecule has 0 saturated carbocycles. The quantitative estimate of drug-likeness (QED) is 0.799. The van der Waals surface area contributed by atoms with Crippen molar-refractivity contribution in [1.82, 2.24) is 9.62 Å². The van der Waals surface area contributed by atoms with E-state index in [2.05, 4.69) is 9.62 Å². The summed E-state index contributed by atoms with van der Waals surface area (Å²) in [5.74, 6) is 0.214. The van der Waals surface area contributed by atoms with E-state index >= 15 is 0 Å². The molecule has 1 heterocycles. The van der Waals surface area contributed by atoms with Gasteiger partial charge in [0.1, 0.15) is 0 Å². The number of halogens is 1. The third-order valence-corrected chi connectivity index (χ3v) is 4.86. The summed E-state index contributed by atoms with van der Waals surface area (Å²) in [5.41, 5.74) is 0.710. The van der Waals surface area contributed by atoms with E-state index in [1.54, 1.807) is 24.3 Å². The lowest BCUT2D eigenvalue weighted by Gasteiger charge is -2.31.